The lowest BCUT2D eigenvalue weighted by Crippen LogP contribution is -2.37. The smallest absolute Gasteiger partial charge is 0.339 e. The molecule has 4 nitrogen and oxygen atoms in total. The van der Waals surface area contributed by atoms with Crippen molar-refractivity contribution in [1.82, 2.24) is 9.96 Å². The van der Waals surface area contributed by atoms with Gasteiger partial charge in [-0.05, 0) is 38.8 Å². The van der Waals surface area contributed by atoms with Gasteiger partial charge >= 0.3 is 5.97 Å². The van der Waals surface area contributed by atoms with Gasteiger partial charge in [0.2, 0.25) is 0 Å². The van der Waals surface area contributed by atoms with Gasteiger partial charge in [0.25, 0.3) is 0 Å². The quantitative estimate of drug-likeness (QED) is 0.0457. The summed E-state index contributed by atoms with van der Waals surface area (Å²) in [6.45, 7) is 13.5. The molecule has 0 saturated heterocycles. The highest BCUT2D eigenvalue weighted by molar-refractivity contribution is 5.71. The van der Waals surface area contributed by atoms with Gasteiger partial charge in [0.1, 0.15) is 0 Å². The Hall–Kier alpha value is -0.610. The van der Waals surface area contributed by atoms with Gasteiger partial charge < -0.3 is 4.84 Å². The maximum atomic E-state index is 13.5. The van der Waals surface area contributed by atoms with E-state index in [0.29, 0.717) is 6.54 Å². The lowest BCUT2D eigenvalue weighted by atomic mass is 10.1. The van der Waals surface area contributed by atoms with E-state index in [1.165, 1.54) is 244 Å². The number of hydroxylamine groups is 2. The first-order valence-electron chi connectivity index (χ1n) is 25.4. The van der Waals surface area contributed by atoms with Gasteiger partial charge in [-0.25, -0.2) is 4.79 Å². The molecule has 0 radical (unpaired) electrons. The molecule has 0 rings (SSSR count). The van der Waals surface area contributed by atoms with Crippen molar-refractivity contribution in [2.45, 2.75) is 285 Å². The Kier molecular flexibility index (Phi) is 46.2. The first-order valence-corrected chi connectivity index (χ1v) is 25.4. The Morgan fingerprint density at radius 2 is 0.500 bits per heavy atom. The predicted octanol–water partition coefficient (Wildman–Crippen LogP) is 16.7. The minimum Gasteiger partial charge on any atom is -0.367 e. The highest BCUT2D eigenvalue weighted by Gasteiger charge is 2.16. The van der Waals surface area contributed by atoms with Crippen LogP contribution in [0.3, 0.4) is 0 Å². The summed E-state index contributed by atoms with van der Waals surface area (Å²) in [5.41, 5.74) is 0. The Morgan fingerprint density at radius 1 is 0.296 bits per heavy atom. The van der Waals surface area contributed by atoms with Crippen LogP contribution in [0.1, 0.15) is 285 Å². The minimum absolute atomic E-state index is 0.0201. The van der Waals surface area contributed by atoms with E-state index in [0.717, 1.165) is 39.0 Å². The van der Waals surface area contributed by atoms with E-state index in [1.807, 2.05) is 0 Å². The highest BCUT2D eigenvalue weighted by atomic mass is 16.7. The molecule has 0 aromatic heterocycles. The zero-order valence-corrected chi connectivity index (χ0v) is 38.0. The molecule has 0 aromatic rings. The summed E-state index contributed by atoms with van der Waals surface area (Å²) in [6, 6.07) is 0. The number of carbonyl (C=O) groups is 1. The molecule has 0 amide bonds. The molecule has 0 atom stereocenters. The number of hydrogen-bond donors (Lipinski definition) is 0. The second-order valence-electron chi connectivity index (χ2n) is 17.4. The van der Waals surface area contributed by atoms with Crippen LogP contribution in [0.15, 0.2) is 0 Å². The largest absolute Gasteiger partial charge is 0.367 e. The van der Waals surface area contributed by atoms with Gasteiger partial charge in [-0.15, -0.1) is 5.06 Å². The molecule has 324 valence electrons. The maximum absolute atomic E-state index is 13.5. The summed E-state index contributed by atoms with van der Waals surface area (Å²) in [4.78, 5) is 22.1. The second-order valence-corrected chi connectivity index (χ2v) is 17.4. The molecule has 0 unspecified atom stereocenters. The van der Waals surface area contributed by atoms with Gasteiger partial charge in [0.05, 0.1) is 6.54 Å². The molecule has 0 bridgehead atoms. The third-order valence-corrected chi connectivity index (χ3v) is 11.8. The fraction of sp³-hybridized carbons (Fsp3) is 0.980. The molecule has 0 aliphatic carbocycles. The standard InChI is InChI=1S/C50H102N2O2/c1-5-9-13-17-21-25-29-33-37-41-45-51(46-42-38-34-30-26-22-18-14-10-6-2)49-50(53)54-52(47-43-39-35-31-27-23-19-15-11-7-3)48-44-40-36-32-28-24-20-16-12-8-4/h5-49H2,1-4H3. The van der Waals surface area contributed by atoms with Crippen molar-refractivity contribution < 1.29 is 9.63 Å². The van der Waals surface area contributed by atoms with Gasteiger partial charge in [0, 0.05) is 13.1 Å². The number of unbranched alkanes of at least 4 members (excludes halogenated alkanes) is 36. The fourth-order valence-electron chi connectivity index (χ4n) is 8.03. The SMILES string of the molecule is CCCCCCCCCCCCN(CCCCCCCCCCCC)CC(=O)ON(CCCCCCCCCCCC)CCCCCCCCCCCC. The van der Waals surface area contributed by atoms with E-state index < -0.39 is 0 Å². The topological polar surface area (TPSA) is 32.8 Å². The molecule has 54 heavy (non-hydrogen) atoms. The number of nitrogens with zero attached hydrogens (tertiary/aromatic N) is 2. The Morgan fingerprint density at radius 3 is 0.741 bits per heavy atom. The van der Waals surface area contributed by atoms with Crippen LogP contribution in [-0.2, 0) is 9.63 Å². The molecule has 0 aliphatic heterocycles. The third-order valence-electron chi connectivity index (χ3n) is 11.8. The van der Waals surface area contributed by atoms with E-state index in [-0.39, 0.29) is 5.97 Å². The molecule has 0 fully saturated rings. The monoisotopic (exact) mass is 763 g/mol. The molecule has 0 aliphatic rings. The Balaban J connectivity index is 4.79. The van der Waals surface area contributed by atoms with Crippen LogP contribution in [0.25, 0.3) is 0 Å². The molecule has 0 aromatic carbocycles. The van der Waals surface area contributed by atoms with Crippen molar-refractivity contribution in [2.24, 2.45) is 0 Å². The van der Waals surface area contributed by atoms with Crippen molar-refractivity contribution in [3.8, 4) is 0 Å². The van der Waals surface area contributed by atoms with E-state index in [4.69, 9.17) is 4.84 Å². The van der Waals surface area contributed by atoms with Crippen molar-refractivity contribution in [1.29, 1.82) is 0 Å². The third kappa shape index (κ3) is 42.5. The van der Waals surface area contributed by atoms with Crippen molar-refractivity contribution in [2.75, 3.05) is 32.7 Å². The molecule has 0 heterocycles. The van der Waals surface area contributed by atoms with Crippen LogP contribution in [0.2, 0.25) is 0 Å². The van der Waals surface area contributed by atoms with Crippen molar-refractivity contribution in [3.63, 3.8) is 0 Å². The zero-order valence-electron chi connectivity index (χ0n) is 38.0. The summed E-state index contributed by atoms with van der Waals surface area (Å²) >= 11 is 0. The van der Waals surface area contributed by atoms with Gasteiger partial charge in [-0.2, -0.15) is 0 Å². The number of hydrogen-bond acceptors (Lipinski definition) is 4. The van der Waals surface area contributed by atoms with E-state index >= 15 is 0 Å². The Bertz CT molecular complexity index is 596. The molecular weight excluding hydrogens is 661 g/mol. The lowest BCUT2D eigenvalue weighted by molar-refractivity contribution is -0.192. The van der Waals surface area contributed by atoms with Gasteiger partial charge in [0.15, 0.2) is 0 Å². The highest BCUT2D eigenvalue weighted by Crippen LogP contribution is 2.16. The number of rotatable bonds is 47. The number of carbonyl (C=O) groups excluding carboxylic acids is 1. The first-order chi connectivity index (χ1) is 26.7. The maximum Gasteiger partial charge on any atom is 0.339 e. The lowest BCUT2D eigenvalue weighted by Gasteiger charge is -2.25. The summed E-state index contributed by atoms with van der Waals surface area (Å²) in [7, 11) is 0. The average molecular weight is 763 g/mol. The molecule has 0 N–H and O–H groups in total. The van der Waals surface area contributed by atoms with Crippen LogP contribution < -0.4 is 0 Å². The van der Waals surface area contributed by atoms with Crippen LogP contribution in [0, 0.1) is 0 Å². The predicted molar refractivity (Wildman–Crippen MR) is 241 cm³/mol. The first kappa shape index (κ1) is 53.4. The zero-order chi connectivity index (χ0) is 39.3. The van der Waals surface area contributed by atoms with Crippen LogP contribution >= 0.6 is 0 Å². The van der Waals surface area contributed by atoms with Crippen molar-refractivity contribution >= 4 is 5.97 Å². The van der Waals surface area contributed by atoms with Crippen LogP contribution in [0.5, 0.6) is 0 Å². The van der Waals surface area contributed by atoms with Crippen molar-refractivity contribution in [3.05, 3.63) is 0 Å². The van der Waals surface area contributed by atoms with Gasteiger partial charge in [-0.1, -0.05) is 259 Å². The molecule has 0 spiro atoms. The molecule has 0 saturated carbocycles. The average Bonchev–Trinajstić information content (AvgIpc) is 3.17. The molecule has 4 heteroatoms. The molecular formula is C50H102N2O2. The van der Waals surface area contributed by atoms with Gasteiger partial charge in [-0.3, -0.25) is 4.90 Å². The summed E-state index contributed by atoms with van der Waals surface area (Å²) in [6.07, 6.45) is 54.0. The van der Waals surface area contributed by atoms with Crippen LogP contribution in [0.4, 0.5) is 0 Å². The van der Waals surface area contributed by atoms with Crippen LogP contribution in [-0.4, -0.2) is 48.7 Å². The summed E-state index contributed by atoms with van der Waals surface area (Å²) in [5.74, 6) is -0.0201. The van der Waals surface area contributed by atoms with E-state index in [9.17, 15) is 4.79 Å². The van der Waals surface area contributed by atoms with E-state index in [2.05, 4.69) is 37.7 Å². The fourth-order valence-corrected chi connectivity index (χ4v) is 8.03. The summed E-state index contributed by atoms with van der Waals surface area (Å²) in [5, 5.41) is 2.07. The van der Waals surface area contributed by atoms with E-state index in [1.54, 1.807) is 0 Å². The minimum atomic E-state index is -0.0201. The second kappa shape index (κ2) is 46.8. The normalized spacial score (nSPS) is 11.7. The summed E-state index contributed by atoms with van der Waals surface area (Å²) < 4.78 is 0. The Labute approximate surface area is 341 Å².